The lowest BCUT2D eigenvalue weighted by atomic mass is 10.1. The summed E-state index contributed by atoms with van der Waals surface area (Å²) in [5, 5.41) is 6.75. The number of amides is 1. The predicted molar refractivity (Wildman–Crippen MR) is 71.1 cm³/mol. The van der Waals surface area contributed by atoms with E-state index in [-0.39, 0.29) is 18.0 Å². The average molecular weight is 255 g/mol. The van der Waals surface area contributed by atoms with Gasteiger partial charge in [-0.15, -0.1) is 0 Å². The van der Waals surface area contributed by atoms with Gasteiger partial charge in [-0.05, 0) is 38.5 Å². The number of likely N-dealkylation sites (N-methyl/N-ethyl adjacent to an activating group) is 1. The van der Waals surface area contributed by atoms with E-state index >= 15 is 0 Å². The van der Waals surface area contributed by atoms with Gasteiger partial charge in [-0.3, -0.25) is 10.1 Å². The Morgan fingerprint density at radius 3 is 2.41 bits per heavy atom. The van der Waals surface area contributed by atoms with Crippen molar-refractivity contribution in [1.29, 1.82) is 0 Å². The molecule has 3 nitrogen and oxygen atoms in total. The van der Waals surface area contributed by atoms with Crippen molar-refractivity contribution in [3.63, 3.8) is 0 Å². The van der Waals surface area contributed by atoms with E-state index in [0.717, 1.165) is 10.6 Å². The maximum absolute atomic E-state index is 11.6. The van der Waals surface area contributed by atoms with Crippen LogP contribution in [0.5, 0.6) is 0 Å². The van der Waals surface area contributed by atoms with E-state index in [1.165, 1.54) is 0 Å². The van der Waals surface area contributed by atoms with E-state index in [0.29, 0.717) is 6.54 Å². The summed E-state index contributed by atoms with van der Waals surface area (Å²) in [6, 6.07) is 7.54. The molecule has 0 aliphatic rings. The van der Waals surface area contributed by atoms with Gasteiger partial charge >= 0.3 is 0 Å². The third-order valence-electron chi connectivity index (χ3n) is 2.61. The van der Waals surface area contributed by atoms with Crippen molar-refractivity contribution in [3.05, 3.63) is 34.9 Å². The molecule has 1 rings (SSSR count). The fourth-order valence-electron chi connectivity index (χ4n) is 1.63. The van der Waals surface area contributed by atoms with Crippen LogP contribution < -0.4 is 10.6 Å². The Morgan fingerprint density at radius 2 is 1.88 bits per heavy atom. The fourth-order valence-corrected chi connectivity index (χ4v) is 1.75. The summed E-state index contributed by atoms with van der Waals surface area (Å²) in [5.41, 5.74) is 1.12. The van der Waals surface area contributed by atoms with Crippen molar-refractivity contribution < 1.29 is 4.79 Å². The summed E-state index contributed by atoms with van der Waals surface area (Å²) in [7, 11) is 0. The molecule has 94 valence electrons. The molecule has 1 aromatic carbocycles. The third kappa shape index (κ3) is 4.36. The van der Waals surface area contributed by atoms with Gasteiger partial charge in [0.2, 0.25) is 5.91 Å². The van der Waals surface area contributed by atoms with Crippen LogP contribution in [0, 0.1) is 0 Å². The molecule has 0 saturated carbocycles. The quantitative estimate of drug-likeness (QED) is 0.848. The normalized spacial score (nSPS) is 14.1. The zero-order valence-corrected chi connectivity index (χ0v) is 11.2. The van der Waals surface area contributed by atoms with Gasteiger partial charge in [-0.25, -0.2) is 0 Å². The summed E-state index contributed by atoms with van der Waals surface area (Å²) in [6.45, 7) is 6.45. The van der Waals surface area contributed by atoms with Gasteiger partial charge in [0.15, 0.2) is 0 Å². The zero-order chi connectivity index (χ0) is 12.8. The van der Waals surface area contributed by atoms with E-state index in [2.05, 4.69) is 10.6 Å². The Balaban J connectivity index is 2.56. The SMILES string of the molecule is CCNC(=O)C(C)N[C@H](C)c1ccc(Cl)cc1. The monoisotopic (exact) mass is 254 g/mol. The largest absolute Gasteiger partial charge is 0.355 e. The van der Waals surface area contributed by atoms with Crippen LogP contribution >= 0.6 is 11.6 Å². The smallest absolute Gasteiger partial charge is 0.236 e. The van der Waals surface area contributed by atoms with Crippen molar-refractivity contribution in [2.24, 2.45) is 0 Å². The predicted octanol–water partition coefficient (Wildman–Crippen LogP) is 2.52. The standard InChI is InChI=1S/C13H19ClN2O/c1-4-15-13(17)10(3)16-9(2)11-5-7-12(14)8-6-11/h5-10,16H,4H2,1-3H3,(H,15,17)/t9-,10?/m1/s1. The summed E-state index contributed by atoms with van der Waals surface area (Å²) < 4.78 is 0. The second-order valence-corrected chi connectivity index (χ2v) is 4.49. The molecule has 2 atom stereocenters. The Kier molecular flexibility index (Phi) is 5.45. The molecule has 0 heterocycles. The van der Waals surface area contributed by atoms with Crippen LogP contribution in [-0.4, -0.2) is 18.5 Å². The molecule has 0 aromatic heterocycles. The first-order valence-electron chi connectivity index (χ1n) is 5.83. The molecule has 1 unspecified atom stereocenters. The number of hydrogen-bond donors (Lipinski definition) is 2. The maximum Gasteiger partial charge on any atom is 0.236 e. The molecule has 0 bridgehead atoms. The van der Waals surface area contributed by atoms with Crippen LogP contribution in [0.2, 0.25) is 5.02 Å². The second-order valence-electron chi connectivity index (χ2n) is 4.06. The van der Waals surface area contributed by atoms with Gasteiger partial charge in [0.1, 0.15) is 0 Å². The molecule has 17 heavy (non-hydrogen) atoms. The van der Waals surface area contributed by atoms with Crippen molar-refractivity contribution in [2.75, 3.05) is 6.54 Å². The Hall–Kier alpha value is -1.06. The maximum atomic E-state index is 11.6. The van der Waals surface area contributed by atoms with E-state index < -0.39 is 0 Å². The van der Waals surface area contributed by atoms with Crippen LogP contribution in [0.1, 0.15) is 32.4 Å². The first-order valence-corrected chi connectivity index (χ1v) is 6.21. The molecule has 0 aliphatic heterocycles. The van der Waals surface area contributed by atoms with Crippen LogP contribution in [-0.2, 0) is 4.79 Å². The highest BCUT2D eigenvalue weighted by atomic mass is 35.5. The molecule has 0 saturated heterocycles. The number of halogens is 1. The number of benzene rings is 1. The number of carbonyl (C=O) groups excluding carboxylic acids is 1. The van der Waals surface area contributed by atoms with Gasteiger partial charge in [-0.2, -0.15) is 0 Å². The van der Waals surface area contributed by atoms with Gasteiger partial charge in [-0.1, -0.05) is 23.7 Å². The summed E-state index contributed by atoms with van der Waals surface area (Å²) >= 11 is 5.83. The zero-order valence-electron chi connectivity index (χ0n) is 10.5. The van der Waals surface area contributed by atoms with Crippen LogP contribution in [0.4, 0.5) is 0 Å². The molecule has 2 N–H and O–H groups in total. The first kappa shape index (κ1) is 14.0. The van der Waals surface area contributed by atoms with Crippen molar-refractivity contribution in [3.8, 4) is 0 Å². The summed E-state index contributed by atoms with van der Waals surface area (Å²) in [6.07, 6.45) is 0. The first-order chi connectivity index (χ1) is 8.04. The summed E-state index contributed by atoms with van der Waals surface area (Å²) in [4.78, 5) is 11.6. The molecule has 0 spiro atoms. The van der Waals surface area contributed by atoms with Crippen molar-refractivity contribution in [1.82, 2.24) is 10.6 Å². The molecule has 1 aromatic rings. The van der Waals surface area contributed by atoms with Crippen molar-refractivity contribution in [2.45, 2.75) is 32.9 Å². The van der Waals surface area contributed by atoms with E-state index in [4.69, 9.17) is 11.6 Å². The fraction of sp³-hybridized carbons (Fsp3) is 0.462. The van der Waals surface area contributed by atoms with Crippen molar-refractivity contribution >= 4 is 17.5 Å². The topological polar surface area (TPSA) is 41.1 Å². The third-order valence-corrected chi connectivity index (χ3v) is 2.87. The number of carbonyl (C=O) groups is 1. The minimum absolute atomic E-state index is 0.0216. The van der Waals surface area contributed by atoms with E-state index in [1.807, 2.05) is 45.0 Å². The molecule has 4 heteroatoms. The van der Waals surface area contributed by atoms with E-state index in [1.54, 1.807) is 0 Å². The lowest BCUT2D eigenvalue weighted by Crippen LogP contribution is -2.42. The Morgan fingerprint density at radius 1 is 1.29 bits per heavy atom. The lowest BCUT2D eigenvalue weighted by molar-refractivity contribution is -0.122. The van der Waals surface area contributed by atoms with E-state index in [9.17, 15) is 4.79 Å². The molecule has 0 fully saturated rings. The average Bonchev–Trinajstić information content (AvgIpc) is 2.30. The highest BCUT2D eigenvalue weighted by molar-refractivity contribution is 6.30. The van der Waals surface area contributed by atoms with Crippen LogP contribution in [0.3, 0.4) is 0 Å². The van der Waals surface area contributed by atoms with Gasteiger partial charge in [0.25, 0.3) is 0 Å². The Labute approximate surface area is 108 Å². The van der Waals surface area contributed by atoms with Gasteiger partial charge in [0, 0.05) is 17.6 Å². The second kappa shape index (κ2) is 6.62. The molecular weight excluding hydrogens is 236 g/mol. The highest BCUT2D eigenvalue weighted by Gasteiger charge is 2.15. The van der Waals surface area contributed by atoms with Crippen LogP contribution in [0.25, 0.3) is 0 Å². The van der Waals surface area contributed by atoms with Gasteiger partial charge in [0.05, 0.1) is 6.04 Å². The minimum atomic E-state index is -0.208. The summed E-state index contributed by atoms with van der Waals surface area (Å²) in [5.74, 6) is 0.0216. The number of hydrogen-bond acceptors (Lipinski definition) is 2. The number of nitrogens with one attached hydrogen (secondary N) is 2. The highest BCUT2D eigenvalue weighted by Crippen LogP contribution is 2.16. The molecule has 0 radical (unpaired) electrons. The molecular formula is C13H19ClN2O. The minimum Gasteiger partial charge on any atom is -0.355 e. The Bertz CT molecular complexity index is 364. The molecule has 1 amide bonds. The van der Waals surface area contributed by atoms with Crippen LogP contribution in [0.15, 0.2) is 24.3 Å². The van der Waals surface area contributed by atoms with Gasteiger partial charge < -0.3 is 5.32 Å². The molecule has 0 aliphatic carbocycles. The lowest BCUT2D eigenvalue weighted by Gasteiger charge is -2.19. The number of rotatable bonds is 5.